The van der Waals surface area contributed by atoms with Crippen molar-refractivity contribution in [1.29, 1.82) is 0 Å². The Balaban J connectivity index is 1.97. The van der Waals surface area contributed by atoms with Crippen LogP contribution < -0.4 is 9.64 Å². The van der Waals surface area contributed by atoms with Crippen molar-refractivity contribution in [3.05, 3.63) is 59.7 Å². The molecular weight excluding hydrogens is 339 g/mol. The first-order valence-electron chi connectivity index (χ1n) is 7.15. The van der Waals surface area contributed by atoms with E-state index in [0.29, 0.717) is 11.4 Å². The van der Waals surface area contributed by atoms with E-state index >= 15 is 0 Å². The number of alkyl halides is 3. The number of halogens is 3. The maximum atomic E-state index is 12.7. The smallest absolute Gasteiger partial charge is 0.416 e. The van der Waals surface area contributed by atoms with Crippen molar-refractivity contribution in [2.75, 3.05) is 17.8 Å². The molecule has 3 nitrogen and oxygen atoms in total. The van der Waals surface area contributed by atoms with Gasteiger partial charge in [0, 0.05) is 11.3 Å². The lowest BCUT2D eigenvalue weighted by atomic mass is 10.1. The van der Waals surface area contributed by atoms with Crippen molar-refractivity contribution < 1.29 is 22.7 Å². The Hall–Kier alpha value is -2.15. The minimum Gasteiger partial charge on any atom is -0.496 e. The van der Waals surface area contributed by atoms with E-state index in [9.17, 15) is 18.0 Å². The van der Waals surface area contributed by atoms with Crippen molar-refractivity contribution in [2.24, 2.45) is 0 Å². The normalized spacial score (nSPS) is 18.1. The van der Waals surface area contributed by atoms with Crippen LogP contribution in [0, 0.1) is 0 Å². The Morgan fingerprint density at radius 2 is 1.79 bits per heavy atom. The van der Waals surface area contributed by atoms with Crippen LogP contribution in [0.3, 0.4) is 0 Å². The summed E-state index contributed by atoms with van der Waals surface area (Å²) in [6.07, 6.45) is -4.40. The summed E-state index contributed by atoms with van der Waals surface area (Å²) in [4.78, 5) is 13.8. The van der Waals surface area contributed by atoms with E-state index in [2.05, 4.69) is 0 Å². The molecule has 1 heterocycles. The highest BCUT2D eigenvalue weighted by molar-refractivity contribution is 8.00. The SMILES string of the molecule is COc1ccccc1C1SCC(=O)N1c1ccc(C(F)(F)F)cc1. The van der Waals surface area contributed by atoms with E-state index in [4.69, 9.17) is 4.74 Å². The zero-order chi connectivity index (χ0) is 17.3. The van der Waals surface area contributed by atoms with Crippen molar-refractivity contribution >= 4 is 23.4 Å². The second-order valence-electron chi connectivity index (χ2n) is 5.21. The number of ether oxygens (including phenoxy) is 1. The third-order valence-corrected chi connectivity index (χ3v) is 4.94. The van der Waals surface area contributed by atoms with Gasteiger partial charge in [-0.3, -0.25) is 9.69 Å². The number of methoxy groups -OCH3 is 1. The van der Waals surface area contributed by atoms with Gasteiger partial charge in [0.25, 0.3) is 0 Å². The van der Waals surface area contributed by atoms with Crippen molar-refractivity contribution in [3.8, 4) is 5.75 Å². The summed E-state index contributed by atoms with van der Waals surface area (Å²) in [6, 6.07) is 12.0. The summed E-state index contributed by atoms with van der Waals surface area (Å²) < 4.78 is 43.5. The van der Waals surface area contributed by atoms with E-state index < -0.39 is 11.7 Å². The van der Waals surface area contributed by atoms with Crippen LogP contribution in [-0.2, 0) is 11.0 Å². The van der Waals surface area contributed by atoms with Gasteiger partial charge in [-0.2, -0.15) is 13.2 Å². The number of nitrogens with zero attached hydrogens (tertiary/aromatic N) is 1. The van der Waals surface area contributed by atoms with Gasteiger partial charge in [-0.25, -0.2) is 0 Å². The minimum atomic E-state index is -4.40. The first-order valence-corrected chi connectivity index (χ1v) is 8.20. The highest BCUT2D eigenvalue weighted by atomic mass is 32.2. The second-order valence-corrected chi connectivity index (χ2v) is 6.28. The minimum absolute atomic E-state index is 0.143. The number of para-hydroxylation sites is 1. The zero-order valence-electron chi connectivity index (χ0n) is 12.7. The van der Waals surface area contributed by atoms with Crippen LogP contribution >= 0.6 is 11.8 Å². The van der Waals surface area contributed by atoms with Crippen molar-refractivity contribution in [3.63, 3.8) is 0 Å². The lowest BCUT2D eigenvalue weighted by molar-refractivity contribution is -0.137. The molecule has 1 amide bonds. The van der Waals surface area contributed by atoms with E-state index in [-0.39, 0.29) is 17.0 Å². The fourth-order valence-electron chi connectivity index (χ4n) is 2.61. The lowest BCUT2D eigenvalue weighted by Crippen LogP contribution is -2.28. The summed E-state index contributed by atoms with van der Waals surface area (Å²) in [7, 11) is 1.54. The quantitative estimate of drug-likeness (QED) is 0.814. The van der Waals surface area contributed by atoms with E-state index in [1.165, 1.54) is 28.8 Å². The fourth-order valence-corrected chi connectivity index (χ4v) is 3.82. The molecule has 3 rings (SSSR count). The molecule has 7 heteroatoms. The maximum Gasteiger partial charge on any atom is 0.416 e. The van der Waals surface area contributed by atoms with Gasteiger partial charge in [0.05, 0.1) is 18.4 Å². The number of rotatable bonds is 3. The number of thioether (sulfide) groups is 1. The number of hydrogen-bond acceptors (Lipinski definition) is 3. The molecule has 1 fully saturated rings. The summed E-state index contributed by atoms with van der Waals surface area (Å²) >= 11 is 1.42. The summed E-state index contributed by atoms with van der Waals surface area (Å²) in [6.45, 7) is 0. The van der Waals surface area contributed by atoms with Gasteiger partial charge in [0.15, 0.2) is 0 Å². The number of carbonyl (C=O) groups excluding carboxylic acids is 1. The summed E-state index contributed by atoms with van der Waals surface area (Å²) in [5.74, 6) is 0.765. The highest BCUT2D eigenvalue weighted by Crippen LogP contribution is 2.45. The molecule has 1 saturated heterocycles. The van der Waals surface area contributed by atoms with Gasteiger partial charge in [0.1, 0.15) is 11.1 Å². The molecule has 1 unspecified atom stereocenters. The Labute approximate surface area is 141 Å². The molecule has 1 aliphatic heterocycles. The average Bonchev–Trinajstić information content (AvgIpc) is 2.95. The molecule has 2 aromatic rings. The van der Waals surface area contributed by atoms with Crippen LogP contribution in [0.5, 0.6) is 5.75 Å². The predicted octanol–water partition coefficient (Wildman–Crippen LogP) is 4.49. The monoisotopic (exact) mass is 353 g/mol. The largest absolute Gasteiger partial charge is 0.496 e. The highest BCUT2D eigenvalue weighted by Gasteiger charge is 2.36. The maximum absolute atomic E-state index is 12.7. The Bertz CT molecular complexity index is 746. The van der Waals surface area contributed by atoms with Crippen LogP contribution in [-0.4, -0.2) is 18.8 Å². The molecule has 0 radical (unpaired) electrons. The summed E-state index contributed by atoms with van der Waals surface area (Å²) in [5.41, 5.74) is 0.518. The number of carbonyl (C=O) groups is 1. The van der Waals surface area contributed by atoms with E-state index in [1.54, 1.807) is 13.2 Å². The Morgan fingerprint density at radius 3 is 2.42 bits per heavy atom. The molecule has 1 aliphatic rings. The third kappa shape index (κ3) is 3.08. The third-order valence-electron chi connectivity index (χ3n) is 3.75. The lowest BCUT2D eigenvalue weighted by Gasteiger charge is -2.25. The van der Waals surface area contributed by atoms with Crippen molar-refractivity contribution in [2.45, 2.75) is 11.6 Å². The van der Waals surface area contributed by atoms with E-state index in [1.807, 2.05) is 18.2 Å². The number of amides is 1. The van der Waals surface area contributed by atoms with Crippen LogP contribution in [0.2, 0.25) is 0 Å². The number of anilines is 1. The van der Waals surface area contributed by atoms with Gasteiger partial charge < -0.3 is 4.74 Å². The standard InChI is InChI=1S/C17H14F3NO2S/c1-23-14-5-3-2-4-13(14)16-21(15(22)10-24-16)12-8-6-11(7-9-12)17(18,19)20/h2-9,16H,10H2,1H3. The molecule has 0 N–H and O–H groups in total. The van der Waals surface area contributed by atoms with Crippen LogP contribution in [0.25, 0.3) is 0 Å². The molecule has 1 atom stereocenters. The fraction of sp³-hybridized carbons (Fsp3) is 0.235. The molecule has 0 aliphatic carbocycles. The van der Waals surface area contributed by atoms with Gasteiger partial charge in [0.2, 0.25) is 5.91 Å². The molecule has 0 saturated carbocycles. The topological polar surface area (TPSA) is 29.5 Å². The molecule has 2 aromatic carbocycles. The molecule has 126 valence electrons. The molecule has 0 aromatic heterocycles. The first kappa shape index (κ1) is 16.7. The Kier molecular flexibility index (Phi) is 4.45. The molecular formula is C17H14F3NO2S. The zero-order valence-corrected chi connectivity index (χ0v) is 13.5. The Morgan fingerprint density at radius 1 is 1.12 bits per heavy atom. The van der Waals surface area contributed by atoms with Crippen LogP contribution in [0.1, 0.15) is 16.5 Å². The predicted molar refractivity (Wildman–Crippen MR) is 87.1 cm³/mol. The van der Waals surface area contributed by atoms with Crippen LogP contribution in [0.4, 0.5) is 18.9 Å². The van der Waals surface area contributed by atoms with Crippen LogP contribution in [0.15, 0.2) is 48.5 Å². The van der Waals surface area contributed by atoms with Gasteiger partial charge >= 0.3 is 6.18 Å². The second kappa shape index (κ2) is 6.39. The number of hydrogen-bond donors (Lipinski definition) is 0. The molecule has 24 heavy (non-hydrogen) atoms. The molecule has 0 spiro atoms. The van der Waals surface area contributed by atoms with E-state index in [0.717, 1.165) is 17.7 Å². The van der Waals surface area contributed by atoms with Crippen molar-refractivity contribution in [1.82, 2.24) is 0 Å². The number of benzene rings is 2. The summed E-state index contributed by atoms with van der Waals surface area (Å²) in [5, 5.41) is -0.328. The van der Waals surface area contributed by atoms with Gasteiger partial charge in [-0.1, -0.05) is 18.2 Å². The molecule has 0 bridgehead atoms. The van der Waals surface area contributed by atoms with Gasteiger partial charge in [-0.05, 0) is 30.3 Å². The first-order chi connectivity index (χ1) is 11.4. The average molecular weight is 353 g/mol. The van der Waals surface area contributed by atoms with Gasteiger partial charge in [-0.15, -0.1) is 11.8 Å².